The monoisotopic (exact) mass is 406 g/mol. The average Bonchev–Trinajstić information content (AvgIpc) is 2.69. The molecule has 0 radical (unpaired) electrons. The lowest BCUT2D eigenvalue weighted by Crippen LogP contribution is -2.60. The van der Waals surface area contributed by atoms with Crippen molar-refractivity contribution >= 4 is 17.5 Å². The highest BCUT2D eigenvalue weighted by atomic mass is 35.5. The van der Waals surface area contributed by atoms with E-state index >= 15 is 0 Å². The van der Waals surface area contributed by atoms with Crippen molar-refractivity contribution in [1.29, 1.82) is 0 Å². The number of benzene rings is 2. The molecule has 2 atom stereocenters. The molecule has 28 heavy (non-hydrogen) atoms. The second-order valence-electron chi connectivity index (χ2n) is 7.18. The van der Waals surface area contributed by atoms with Gasteiger partial charge in [0.2, 0.25) is 0 Å². The number of nitrogens with one attached hydrogen (secondary N) is 1. The van der Waals surface area contributed by atoms with Crippen molar-refractivity contribution in [3.63, 3.8) is 0 Å². The van der Waals surface area contributed by atoms with Crippen molar-refractivity contribution in [2.45, 2.75) is 24.5 Å². The van der Waals surface area contributed by atoms with Gasteiger partial charge in [0.05, 0.1) is 0 Å². The molecule has 5 nitrogen and oxygen atoms in total. The number of aliphatic hydroxyl groups excluding tert-OH is 1. The molecule has 7 heteroatoms. The minimum Gasteiger partial charge on any atom is -0.388 e. The molecule has 0 saturated carbocycles. The third kappa shape index (κ3) is 5.08. The second-order valence-corrected chi connectivity index (χ2v) is 7.62. The van der Waals surface area contributed by atoms with Crippen molar-refractivity contribution in [1.82, 2.24) is 10.2 Å². The molecule has 3 N–H and O–H groups in total. The van der Waals surface area contributed by atoms with Crippen LogP contribution in [0.25, 0.3) is 0 Å². The Morgan fingerprint density at radius 1 is 1.21 bits per heavy atom. The smallest absolute Gasteiger partial charge is 0.253 e. The molecule has 0 bridgehead atoms. The summed E-state index contributed by atoms with van der Waals surface area (Å²) in [6, 6.07) is 12.9. The molecule has 0 unspecified atom stereocenters. The molecule has 2 aromatic carbocycles. The lowest BCUT2D eigenvalue weighted by atomic mass is 9.88. The Kier molecular flexibility index (Phi) is 6.67. The number of hydrogen-bond donors (Lipinski definition) is 3. The molecule has 0 aliphatic carbocycles. The summed E-state index contributed by atoms with van der Waals surface area (Å²) in [5.41, 5.74) is 0.198. The quantitative estimate of drug-likeness (QED) is 0.643. The van der Waals surface area contributed by atoms with Gasteiger partial charge in [0.15, 0.2) is 0 Å². The molecule has 150 valence electrons. The number of β-amino-alcohol motifs (C(OH)–C–C–N with tert-alkyl or cyclic N) is 1. The maximum atomic E-state index is 12.9. The molecule has 2 aromatic rings. The summed E-state index contributed by atoms with van der Waals surface area (Å²) in [5, 5.41) is 24.9. The molecule has 1 fully saturated rings. The van der Waals surface area contributed by atoms with Crippen molar-refractivity contribution in [2.24, 2.45) is 0 Å². The number of carbonyl (C=O) groups is 1. The first-order valence-corrected chi connectivity index (χ1v) is 9.66. The highest BCUT2D eigenvalue weighted by Crippen LogP contribution is 2.24. The van der Waals surface area contributed by atoms with E-state index in [4.69, 9.17) is 11.6 Å². The van der Waals surface area contributed by atoms with E-state index in [0.29, 0.717) is 30.1 Å². The first-order valence-electron chi connectivity index (χ1n) is 9.28. The van der Waals surface area contributed by atoms with Gasteiger partial charge < -0.3 is 20.4 Å². The number of halogens is 2. The molecular weight excluding hydrogens is 383 g/mol. The molecule has 1 heterocycles. The maximum absolute atomic E-state index is 12.9. The van der Waals surface area contributed by atoms with Gasteiger partial charge in [0.1, 0.15) is 17.5 Å². The molecule has 1 amide bonds. The Morgan fingerprint density at radius 3 is 2.54 bits per heavy atom. The summed E-state index contributed by atoms with van der Waals surface area (Å²) in [4.78, 5) is 14.1. The standard InChI is InChI=1S/C21H24ClFN2O3/c22-17-5-3-16(4-6-17)20(27)25-12-10-21(28,19(26)13-25)14-24-11-9-15-1-7-18(23)8-2-15/h1-8,19,24,26,28H,9-14H2/t19-,21-/m0/s1. The van der Waals surface area contributed by atoms with E-state index in [-0.39, 0.29) is 31.2 Å². The predicted molar refractivity (Wildman–Crippen MR) is 106 cm³/mol. The van der Waals surface area contributed by atoms with Crippen LogP contribution in [0.15, 0.2) is 48.5 Å². The highest BCUT2D eigenvalue weighted by molar-refractivity contribution is 6.30. The van der Waals surface area contributed by atoms with E-state index in [1.165, 1.54) is 12.1 Å². The van der Waals surface area contributed by atoms with Crippen LogP contribution in [0.5, 0.6) is 0 Å². The Morgan fingerprint density at radius 2 is 1.89 bits per heavy atom. The van der Waals surface area contributed by atoms with Gasteiger partial charge in [0, 0.05) is 30.2 Å². The van der Waals surface area contributed by atoms with Crippen molar-refractivity contribution in [3.05, 3.63) is 70.5 Å². The largest absolute Gasteiger partial charge is 0.388 e. The van der Waals surface area contributed by atoms with Gasteiger partial charge in [-0.15, -0.1) is 0 Å². The maximum Gasteiger partial charge on any atom is 0.253 e. The molecule has 1 aliphatic rings. The summed E-state index contributed by atoms with van der Waals surface area (Å²) in [6.45, 7) is 1.23. The molecule has 3 rings (SSSR count). The van der Waals surface area contributed by atoms with Gasteiger partial charge in [-0.3, -0.25) is 4.79 Å². The molecular formula is C21H24ClFN2O3. The molecule has 1 aliphatic heterocycles. The fraction of sp³-hybridized carbons (Fsp3) is 0.381. The fourth-order valence-corrected chi connectivity index (χ4v) is 3.45. The summed E-state index contributed by atoms with van der Waals surface area (Å²) < 4.78 is 12.9. The van der Waals surface area contributed by atoms with Crippen molar-refractivity contribution < 1.29 is 19.4 Å². The molecule has 1 saturated heterocycles. The minimum atomic E-state index is -1.29. The van der Waals surface area contributed by atoms with E-state index in [9.17, 15) is 19.4 Å². The fourth-order valence-electron chi connectivity index (χ4n) is 3.32. The van der Waals surface area contributed by atoms with Crippen LogP contribution in [0.3, 0.4) is 0 Å². The lowest BCUT2D eigenvalue weighted by molar-refractivity contribution is -0.110. The molecule has 0 aromatic heterocycles. The second kappa shape index (κ2) is 9.01. The van der Waals surface area contributed by atoms with Gasteiger partial charge in [-0.1, -0.05) is 23.7 Å². The Bertz CT molecular complexity index is 800. The van der Waals surface area contributed by atoms with Crippen LogP contribution in [-0.4, -0.2) is 58.9 Å². The van der Waals surface area contributed by atoms with E-state index in [2.05, 4.69) is 5.32 Å². The Labute approximate surface area is 168 Å². The van der Waals surface area contributed by atoms with Gasteiger partial charge in [0.25, 0.3) is 5.91 Å². The zero-order valence-electron chi connectivity index (χ0n) is 15.4. The topological polar surface area (TPSA) is 72.8 Å². The number of likely N-dealkylation sites (tertiary alicyclic amines) is 1. The van der Waals surface area contributed by atoms with Gasteiger partial charge >= 0.3 is 0 Å². The zero-order chi connectivity index (χ0) is 20.1. The van der Waals surface area contributed by atoms with Gasteiger partial charge in [-0.2, -0.15) is 0 Å². The summed E-state index contributed by atoms with van der Waals surface area (Å²) in [6.07, 6.45) is -0.0826. The van der Waals surface area contributed by atoms with E-state index in [0.717, 1.165) is 5.56 Å². The van der Waals surface area contributed by atoms with Crippen LogP contribution in [0.4, 0.5) is 4.39 Å². The van der Waals surface area contributed by atoms with E-state index in [1.807, 2.05) is 0 Å². The normalized spacial score (nSPS) is 22.3. The molecule has 0 spiro atoms. The Balaban J connectivity index is 1.48. The van der Waals surface area contributed by atoms with Crippen LogP contribution in [0.1, 0.15) is 22.3 Å². The summed E-state index contributed by atoms with van der Waals surface area (Å²) in [5.74, 6) is -0.462. The van der Waals surface area contributed by atoms with Gasteiger partial charge in [-0.05, 0) is 61.3 Å². The predicted octanol–water partition coefficient (Wildman–Crippen LogP) is 2.25. The van der Waals surface area contributed by atoms with Crippen LogP contribution in [0.2, 0.25) is 5.02 Å². The van der Waals surface area contributed by atoms with Crippen molar-refractivity contribution in [2.75, 3.05) is 26.2 Å². The average molecular weight is 407 g/mol. The minimum absolute atomic E-state index is 0.0671. The van der Waals surface area contributed by atoms with Gasteiger partial charge in [-0.25, -0.2) is 4.39 Å². The summed E-state index contributed by atoms with van der Waals surface area (Å²) in [7, 11) is 0. The first kappa shape index (κ1) is 20.7. The highest BCUT2D eigenvalue weighted by Gasteiger charge is 2.41. The van der Waals surface area contributed by atoms with E-state index in [1.54, 1.807) is 41.3 Å². The summed E-state index contributed by atoms with van der Waals surface area (Å²) >= 11 is 5.85. The zero-order valence-corrected chi connectivity index (χ0v) is 16.2. The third-order valence-corrected chi connectivity index (χ3v) is 5.39. The van der Waals surface area contributed by atoms with Crippen LogP contribution in [0, 0.1) is 5.82 Å². The van der Waals surface area contributed by atoms with Crippen molar-refractivity contribution in [3.8, 4) is 0 Å². The van der Waals surface area contributed by atoms with Crippen LogP contribution < -0.4 is 5.32 Å². The number of aliphatic hydroxyl groups is 2. The Hall–Kier alpha value is -1.99. The SMILES string of the molecule is O=C(c1ccc(Cl)cc1)N1CC[C@](O)(CNCCc2ccc(F)cc2)[C@@H](O)C1. The number of rotatable bonds is 6. The number of nitrogens with zero attached hydrogens (tertiary/aromatic N) is 1. The van der Waals surface area contributed by atoms with E-state index < -0.39 is 11.7 Å². The lowest BCUT2D eigenvalue weighted by Gasteiger charge is -2.42. The number of piperidine rings is 1. The van der Waals surface area contributed by atoms with Crippen LogP contribution >= 0.6 is 11.6 Å². The number of carbonyl (C=O) groups excluding carboxylic acids is 1. The van der Waals surface area contributed by atoms with Crippen LogP contribution in [-0.2, 0) is 6.42 Å². The first-order chi connectivity index (χ1) is 13.4. The third-order valence-electron chi connectivity index (χ3n) is 5.14. The number of amides is 1. The number of hydrogen-bond acceptors (Lipinski definition) is 4.